The van der Waals surface area contributed by atoms with E-state index in [2.05, 4.69) is 35.0 Å². The SMILES string of the molecule is O=C(c1ccc(-c2cccs2)cc1)N1CCC2(CNC2)C1. The number of rotatable bonds is 2. The Balaban J connectivity index is 1.50. The summed E-state index contributed by atoms with van der Waals surface area (Å²) in [5.41, 5.74) is 2.36. The topological polar surface area (TPSA) is 32.3 Å². The quantitative estimate of drug-likeness (QED) is 0.924. The Hall–Kier alpha value is -1.65. The van der Waals surface area contributed by atoms with Gasteiger partial charge in [-0.05, 0) is 35.6 Å². The van der Waals surface area contributed by atoms with Crippen LogP contribution in [-0.4, -0.2) is 37.0 Å². The first kappa shape index (κ1) is 13.0. The lowest BCUT2D eigenvalue weighted by atomic mass is 9.81. The highest BCUT2D eigenvalue weighted by Gasteiger charge is 2.44. The minimum absolute atomic E-state index is 0.177. The van der Waals surface area contributed by atoms with Crippen LogP contribution < -0.4 is 5.32 Å². The van der Waals surface area contributed by atoms with Crippen molar-refractivity contribution in [3.63, 3.8) is 0 Å². The largest absolute Gasteiger partial charge is 0.338 e. The van der Waals surface area contributed by atoms with Gasteiger partial charge in [-0.2, -0.15) is 0 Å². The van der Waals surface area contributed by atoms with Gasteiger partial charge in [0.1, 0.15) is 0 Å². The Labute approximate surface area is 128 Å². The second-order valence-corrected chi connectivity index (χ2v) is 7.08. The van der Waals surface area contributed by atoms with E-state index in [1.165, 1.54) is 10.4 Å². The highest BCUT2D eigenvalue weighted by atomic mass is 32.1. The fourth-order valence-electron chi connectivity index (χ4n) is 3.28. The molecule has 21 heavy (non-hydrogen) atoms. The smallest absolute Gasteiger partial charge is 0.253 e. The van der Waals surface area contributed by atoms with E-state index in [1.54, 1.807) is 11.3 Å². The van der Waals surface area contributed by atoms with Crippen molar-refractivity contribution in [2.75, 3.05) is 26.2 Å². The van der Waals surface area contributed by atoms with Crippen molar-refractivity contribution >= 4 is 17.2 Å². The van der Waals surface area contributed by atoms with Crippen LogP contribution in [0.5, 0.6) is 0 Å². The third-order valence-electron chi connectivity index (χ3n) is 4.66. The van der Waals surface area contributed by atoms with Crippen LogP contribution in [0.4, 0.5) is 0 Å². The molecule has 1 amide bonds. The standard InChI is InChI=1S/C17H18N2OS/c20-16(19-8-7-17(12-19)10-18-11-17)14-5-3-13(4-6-14)15-2-1-9-21-15/h1-6,9,18H,7-8,10-12H2. The van der Waals surface area contributed by atoms with E-state index in [-0.39, 0.29) is 5.91 Å². The van der Waals surface area contributed by atoms with E-state index < -0.39 is 0 Å². The van der Waals surface area contributed by atoms with Gasteiger partial charge in [0.05, 0.1) is 0 Å². The Morgan fingerprint density at radius 2 is 2.00 bits per heavy atom. The lowest BCUT2D eigenvalue weighted by molar-refractivity contribution is 0.0752. The van der Waals surface area contributed by atoms with E-state index >= 15 is 0 Å². The second kappa shape index (κ2) is 4.97. The average molecular weight is 298 g/mol. The summed E-state index contributed by atoms with van der Waals surface area (Å²) in [6, 6.07) is 12.2. The summed E-state index contributed by atoms with van der Waals surface area (Å²) in [7, 11) is 0. The summed E-state index contributed by atoms with van der Waals surface area (Å²) in [6.45, 7) is 3.93. The predicted molar refractivity (Wildman–Crippen MR) is 85.6 cm³/mol. The van der Waals surface area contributed by atoms with Crippen LogP contribution in [-0.2, 0) is 0 Å². The Kier molecular flexibility index (Phi) is 3.08. The van der Waals surface area contributed by atoms with Crippen LogP contribution in [0.3, 0.4) is 0 Å². The Bertz CT molecular complexity index is 644. The molecule has 1 N–H and O–H groups in total. The number of nitrogens with one attached hydrogen (secondary N) is 1. The predicted octanol–water partition coefficient (Wildman–Crippen LogP) is 2.85. The number of hydrogen-bond acceptors (Lipinski definition) is 3. The second-order valence-electron chi connectivity index (χ2n) is 6.13. The number of nitrogens with zero attached hydrogens (tertiary/aromatic N) is 1. The van der Waals surface area contributed by atoms with Crippen LogP contribution in [0, 0.1) is 5.41 Å². The van der Waals surface area contributed by atoms with Gasteiger partial charge in [0.2, 0.25) is 0 Å². The number of benzene rings is 1. The zero-order chi connectivity index (χ0) is 14.3. The molecule has 1 aromatic heterocycles. The van der Waals surface area contributed by atoms with E-state index in [1.807, 2.05) is 17.0 Å². The molecule has 0 atom stereocenters. The molecule has 2 aliphatic heterocycles. The van der Waals surface area contributed by atoms with Crippen LogP contribution in [0.25, 0.3) is 10.4 Å². The Morgan fingerprint density at radius 3 is 2.57 bits per heavy atom. The molecule has 3 heterocycles. The molecular weight excluding hydrogens is 280 g/mol. The molecule has 0 unspecified atom stereocenters. The molecule has 2 aliphatic rings. The zero-order valence-corrected chi connectivity index (χ0v) is 12.7. The summed E-state index contributed by atoms with van der Waals surface area (Å²) in [5, 5.41) is 5.40. The van der Waals surface area contributed by atoms with Crippen molar-refractivity contribution in [3.05, 3.63) is 47.3 Å². The molecular formula is C17H18N2OS. The van der Waals surface area contributed by atoms with Crippen LogP contribution in [0.1, 0.15) is 16.8 Å². The van der Waals surface area contributed by atoms with Crippen molar-refractivity contribution in [1.29, 1.82) is 0 Å². The van der Waals surface area contributed by atoms with Gasteiger partial charge in [-0.3, -0.25) is 4.79 Å². The van der Waals surface area contributed by atoms with E-state index in [0.717, 1.165) is 38.2 Å². The lowest BCUT2D eigenvalue weighted by Gasteiger charge is -2.39. The minimum Gasteiger partial charge on any atom is -0.338 e. The molecule has 2 saturated heterocycles. The number of thiophene rings is 1. The molecule has 1 spiro atoms. The van der Waals surface area contributed by atoms with Crippen molar-refractivity contribution in [3.8, 4) is 10.4 Å². The van der Waals surface area contributed by atoms with E-state index in [9.17, 15) is 4.79 Å². The minimum atomic E-state index is 0.177. The summed E-state index contributed by atoms with van der Waals surface area (Å²) in [6.07, 6.45) is 1.14. The molecule has 2 fully saturated rings. The summed E-state index contributed by atoms with van der Waals surface area (Å²) in [4.78, 5) is 15.8. The van der Waals surface area contributed by atoms with Crippen LogP contribution in [0.15, 0.2) is 41.8 Å². The van der Waals surface area contributed by atoms with Gasteiger partial charge in [-0.15, -0.1) is 11.3 Å². The van der Waals surface area contributed by atoms with Gasteiger partial charge < -0.3 is 10.2 Å². The van der Waals surface area contributed by atoms with Gasteiger partial charge >= 0.3 is 0 Å². The summed E-state index contributed by atoms with van der Waals surface area (Å²) < 4.78 is 0. The normalized spacial score (nSPS) is 19.7. The van der Waals surface area contributed by atoms with E-state index in [0.29, 0.717) is 5.41 Å². The maximum absolute atomic E-state index is 12.6. The van der Waals surface area contributed by atoms with Crippen LogP contribution >= 0.6 is 11.3 Å². The molecule has 0 bridgehead atoms. The molecule has 4 heteroatoms. The third kappa shape index (κ3) is 2.28. The fourth-order valence-corrected chi connectivity index (χ4v) is 4.01. The first-order chi connectivity index (χ1) is 10.3. The molecule has 0 aliphatic carbocycles. The number of likely N-dealkylation sites (tertiary alicyclic amines) is 1. The van der Waals surface area contributed by atoms with Gasteiger partial charge in [-0.1, -0.05) is 18.2 Å². The average Bonchev–Trinajstić information content (AvgIpc) is 3.15. The molecule has 1 aromatic carbocycles. The Morgan fingerprint density at radius 1 is 1.19 bits per heavy atom. The molecule has 2 aromatic rings. The molecule has 0 saturated carbocycles. The number of carbonyl (C=O) groups excluding carboxylic acids is 1. The molecule has 0 radical (unpaired) electrons. The van der Waals surface area contributed by atoms with E-state index in [4.69, 9.17) is 0 Å². The van der Waals surface area contributed by atoms with Crippen molar-refractivity contribution in [2.45, 2.75) is 6.42 Å². The van der Waals surface area contributed by atoms with Gasteiger partial charge in [0, 0.05) is 42.0 Å². The zero-order valence-electron chi connectivity index (χ0n) is 11.8. The third-order valence-corrected chi connectivity index (χ3v) is 5.58. The first-order valence-electron chi connectivity index (χ1n) is 7.40. The molecule has 108 valence electrons. The van der Waals surface area contributed by atoms with Crippen molar-refractivity contribution < 1.29 is 4.79 Å². The summed E-state index contributed by atoms with van der Waals surface area (Å²) in [5.74, 6) is 0.177. The number of carbonyl (C=O) groups is 1. The highest BCUT2D eigenvalue weighted by molar-refractivity contribution is 7.13. The van der Waals surface area contributed by atoms with Crippen molar-refractivity contribution in [1.82, 2.24) is 10.2 Å². The maximum Gasteiger partial charge on any atom is 0.253 e. The highest BCUT2D eigenvalue weighted by Crippen LogP contribution is 2.34. The maximum atomic E-state index is 12.6. The van der Waals surface area contributed by atoms with Gasteiger partial charge in [0.25, 0.3) is 5.91 Å². The first-order valence-corrected chi connectivity index (χ1v) is 8.28. The van der Waals surface area contributed by atoms with Gasteiger partial charge in [-0.25, -0.2) is 0 Å². The number of amides is 1. The van der Waals surface area contributed by atoms with Crippen LogP contribution in [0.2, 0.25) is 0 Å². The monoisotopic (exact) mass is 298 g/mol. The van der Waals surface area contributed by atoms with Crippen molar-refractivity contribution in [2.24, 2.45) is 5.41 Å². The van der Waals surface area contributed by atoms with Gasteiger partial charge in [0.15, 0.2) is 0 Å². The number of hydrogen-bond donors (Lipinski definition) is 1. The summed E-state index contributed by atoms with van der Waals surface area (Å²) >= 11 is 1.72. The molecule has 4 rings (SSSR count). The fraction of sp³-hybridized carbons (Fsp3) is 0.353. The molecule has 3 nitrogen and oxygen atoms in total. The lowest BCUT2D eigenvalue weighted by Crippen LogP contribution is -2.55.